The number of aromatic amines is 1. The van der Waals surface area contributed by atoms with Gasteiger partial charge in [0.1, 0.15) is 5.82 Å². The third-order valence-electron chi connectivity index (χ3n) is 8.56. The number of benzene rings is 1. The highest BCUT2D eigenvalue weighted by molar-refractivity contribution is 7.92. The fourth-order valence-corrected chi connectivity index (χ4v) is 7.43. The minimum atomic E-state index is -3.39. The average molecular weight is 526 g/mol. The summed E-state index contributed by atoms with van der Waals surface area (Å²) >= 11 is 0. The van der Waals surface area contributed by atoms with Crippen LogP contribution in [-0.2, 0) is 21.0 Å². The molecule has 0 unspecified atom stereocenters. The molecule has 0 aliphatic carbocycles. The van der Waals surface area contributed by atoms with Gasteiger partial charge in [-0.25, -0.2) is 18.4 Å². The first kappa shape index (κ1) is 24.6. The Kier molecular flexibility index (Phi) is 5.92. The topological polar surface area (TPSA) is 130 Å². The molecule has 3 aliphatic heterocycles. The number of sulfone groups is 1. The van der Waals surface area contributed by atoms with Crippen LogP contribution in [0.15, 0.2) is 29.3 Å². The van der Waals surface area contributed by atoms with Crippen LogP contribution in [0.1, 0.15) is 45.6 Å². The third-order valence-corrected chi connectivity index (χ3v) is 10.8. The molecule has 2 fully saturated rings. The number of rotatable bonds is 4. The highest BCUT2D eigenvalue weighted by atomic mass is 32.2. The van der Waals surface area contributed by atoms with E-state index in [0.29, 0.717) is 21.9 Å². The summed E-state index contributed by atoms with van der Waals surface area (Å²) in [5.41, 5.74) is 9.57. The molecular formula is C26H35N7O3S. The van der Waals surface area contributed by atoms with Gasteiger partial charge in [0.25, 0.3) is 0 Å². The van der Waals surface area contributed by atoms with Gasteiger partial charge in [-0.05, 0) is 64.2 Å². The molecule has 0 bridgehead atoms. The molecule has 5 heterocycles. The predicted octanol–water partition coefficient (Wildman–Crippen LogP) is 2.95. The average Bonchev–Trinajstić information content (AvgIpc) is 3.44. The summed E-state index contributed by atoms with van der Waals surface area (Å²) in [6, 6.07) is 5.58. The molecule has 1 aromatic carbocycles. The van der Waals surface area contributed by atoms with Crippen molar-refractivity contribution < 1.29 is 13.2 Å². The van der Waals surface area contributed by atoms with E-state index in [1.54, 1.807) is 19.9 Å². The molecule has 3 aromatic rings. The summed E-state index contributed by atoms with van der Waals surface area (Å²) in [5, 5.41) is 7.18. The zero-order chi connectivity index (χ0) is 25.9. The molecule has 2 atom stereocenters. The fourth-order valence-electron chi connectivity index (χ4n) is 6.11. The van der Waals surface area contributed by atoms with E-state index in [4.69, 9.17) is 20.4 Å². The summed E-state index contributed by atoms with van der Waals surface area (Å²) in [6.07, 6.45) is 5.41. The molecular weight excluding hydrogens is 490 g/mol. The second-order valence-electron chi connectivity index (χ2n) is 11.0. The van der Waals surface area contributed by atoms with E-state index in [0.717, 1.165) is 69.0 Å². The number of anilines is 3. The van der Waals surface area contributed by atoms with Crippen LogP contribution in [0.2, 0.25) is 0 Å². The number of nitrogens with zero attached hydrogens (tertiary/aromatic N) is 5. The van der Waals surface area contributed by atoms with E-state index >= 15 is 0 Å². The summed E-state index contributed by atoms with van der Waals surface area (Å²) in [5.74, 6) is 1.50. The van der Waals surface area contributed by atoms with E-state index < -0.39 is 15.1 Å². The monoisotopic (exact) mass is 525 g/mol. The van der Waals surface area contributed by atoms with Crippen molar-refractivity contribution >= 4 is 38.3 Å². The number of nitrogens with one attached hydrogen (secondary N) is 1. The molecule has 37 heavy (non-hydrogen) atoms. The molecule has 0 amide bonds. The largest absolute Gasteiger partial charge is 0.376 e. The Morgan fingerprint density at radius 2 is 2.00 bits per heavy atom. The zero-order valence-corrected chi connectivity index (χ0v) is 22.5. The zero-order valence-electron chi connectivity index (χ0n) is 21.6. The Morgan fingerprint density at radius 3 is 2.70 bits per heavy atom. The predicted molar refractivity (Wildman–Crippen MR) is 143 cm³/mol. The molecule has 0 radical (unpaired) electrons. The van der Waals surface area contributed by atoms with Crippen LogP contribution >= 0.6 is 0 Å². The maximum Gasteiger partial charge on any atom is 0.183 e. The van der Waals surface area contributed by atoms with Gasteiger partial charge in [0.15, 0.2) is 26.8 Å². The Hall–Kier alpha value is -2.76. The van der Waals surface area contributed by atoms with E-state index in [-0.39, 0.29) is 17.6 Å². The van der Waals surface area contributed by atoms with Crippen LogP contribution in [0.3, 0.4) is 0 Å². The van der Waals surface area contributed by atoms with Crippen LogP contribution in [0.25, 0.3) is 11.2 Å². The van der Waals surface area contributed by atoms with Gasteiger partial charge < -0.3 is 20.3 Å². The lowest BCUT2D eigenvalue weighted by Crippen LogP contribution is -2.50. The molecule has 3 aliphatic rings. The first-order valence-corrected chi connectivity index (χ1v) is 14.7. The summed E-state index contributed by atoms with van der Waals surface area (Å²) in [4.78, 5) is 14.4. The van der Waals surface area contributed by atoms with Crippen LogP contribution in [0, 0.1) is 5.41 Å². The van der Waals surface area contributed by atoms with Crippen LogP contribution in [0.5, 0.6) is 0 Å². The van der Waals surface area contributed by atoms with E-state index in [1.165, 1.54) is 0 Å². The summed E-state index contributed by atoms with van der Waals surface area (Å²) < 4.78 is 31.9. The second kappa shape index (κ2) is 8.92. The smallest absolute Gasteiger partial charge is 0.183 e. The van der Waals surface area contributed by atoms with Gasteiger partial charge in [-0.15, -0.1) is 0 Å². The molecule has 2 aromatic heterocycles. The highest BCUT2D eigenvalue weighted by Gasteiger charge is 2.47. The highest BCUT2D eigenvalue weighted by Crippen LogP contribution is 2.42. The van der Waals surface area contributed by atoms with Gasteiger partial charge in [0, 0.05) is 36.8 Å². The standard InChI is InChI=1S/C26H35N7O3S/c1-16(2)37(34,35)20-8-4-7-19-18(20)6-5-11-33(19)25-22-24(30-31-25)29-21(14-28-22)32-12-9-26(10-13-32)15-36-17(3)23(26)27/h4,7-8,14,16-17,23H,5-6,9-13,15,27H2,1-3H3,(H,29,30,31)/t17-,23+/m0/s1. The number of fused-ring (bicyclic) bond motifs is 2. The first-order valence-electron chi connectivity index (χ1n) is 13.2. The Balaban J connectivity index is 1.28. The number of H-pyrrole nitrogens is 1. The minimum absolute atomic E-state index is 0.0537. The molecule has 1 spiro atoms. The number of aromatic nitrogens is 4. The van der Waals surface area contributed by atoms with Crippen LogP contribution in [-0.4, -0.2) is 72.2 Å². The van der Waals surface area contributed by atoms with E-state index in [1.807, 2.05) is 18.3 Å². The van der Waals surface area contributed by atoms with Crippen LogP contribution in [0.4, 0.5) is 17.3 Å². The molecule has 11 heteroatoms. The summed E-state index contributed by atoms with van der Waals surface area (Å²) in [7, 11) is -3.39. The SMILES string of the molecule is CC(C)S(=O)(=O)c1cccc2c1CCCN2c1n[nH]c2nc(N3CCC4(CC3)CO[C@@H](C)[C@H]4N)cnc12. The number of nitrogens with two attached hydrogens (primary N) is 1. The van der Waals surface area contributed by atoms with Crippen molar-refractivity contribution in [2.24, 2.45) is 11.1 Å². The third kappa shape index (κ3) is 3.90. The lowest BCUT2D eigenvalue weighted by Gasteiger charge is -2.41. The Bertz CT molecular complexity index is 1430. The summed E-state index contributed by atoms with van der Waals surface area (Å²) in [6.45, 7) is 8.69. The molecule has 0 saturated carbocycles. The molecule has 198 valence electrons. The first-order chi connectivity index (χ1) is 17.7. The lowest BCUT2D eigenvalue weighted by molar-refractivity contribution is 0.0974. The van der Waals surface area contributed by atoms with E-state index in [9.17, 15) is 8.42 Å². The van der Waals surface area contributed by atoms with Gasteiger partial charge in [-0.2, -0.15) is 5.10 Å². The van der Waals surface area contributed by atoms with Crippen molar-refractivity contribution in [1.82, 2.24) is 20.2 Å². The number of hydrogen-bond donors (Lipinski definition) is 2. The van der Waals surface area contributed by atoms with Gasteiger partial charge in [0.05, 0.1) is 29.1 Å². The van der Waals surface area contributed by atoms with Crippen molar-refractivity contribution in [3.05, 3.63) is 30.0 Å². The van der Waals surface area contributed by atoms with Crippen molar-refractivity contribution in [2.75, 3.05) is 36.0 Å². The fraction of sp³-hybridized carbons (Fsp3) is 0.577. The number of hydrogen-bond acceptors (Lipinski definition) is 9. The molecule has 3 N–H and O–H groups in total. The number of ether oxygens (including phenoxy) is 1. The molecule has 10 nitrogen and oxygen atoms in total. The van der Waals surface area contributed by atoms with Gasteiger partial charge in [-0.1, -0.05) is 6.07 Å². The Labute approximate surface area is 217 Å². The van der Waals surface area contributed by atoms with Gasteiger partial charge >= 0.3 is 0 Å². The van der Waals surface area contributed by atoms with Crippen molar-refractivity contribution in [3.63, 3.8) is 0 Å². The normalized spacial score (nSPS) is 23.8. The second-order valence-corrected chi connectivity index (χ2v) is 13.4. The molecule has 6 rings (SSSR count). The lowest BCUT2D eigenvalue weighted by atomic mass is 9.73. The maximum atomic E-state index is 13.0. The maximum absolute atomic E-state index is 13.0. The minimum Gasteiger partial charge on any atom is -0.376 e. The van der Waals surface area contributed by atoms with Gasteiger partial charge in [0.2, 0.25) is 0 Å². The van der Waals surface area contributed by atoms with Crippen molar-refractivity contribution in [3.8, 4) is 0 Å². The van der Waals surface area contributed by atoms with Crippen molar-refractivity contribution in [1.29, 1.82) is 0 Å². The van der Waals surface area contributed by atoms with Crippen LogP contribution < -0.4 is 15.5 Å². The quantitative estimate of drug-likeness (QED) is 0.528. The molecule has 2 saturated heterocycles. The Morgan fingerprint density at radius 1 is 1.22 bits per heavy atom. The van der Waals surface area contributed by atoms with E-state index in [2.05, 4.69) is 26.9 Å². The van der Waals surface area contributed by atoms with Crippen molar-refractivity contribution in [2.45, 2.75) is 68.7 Å². The van der Waals surface area contributed by atoms with Gasteiger partial charge in [-0.3, -0.25) is 5.10 Å². The number of piperidine rings is 1.